The van der Waals surface area contributed by atoms with Gasteiger partial charge in [-0.05, 0) is 31.5 Å². The molecule has 2 nitrogen and oxygen atoms in total. The molecule has 0 saturated carbocycles. The molecule has 2 rings (SSSR count). The molecule has 0 aliphatic carbocycles. The topological polar surface area (TPSA) is 32.3 Å². The average Bonchev–Trinajstić information content (AvgIpc) is 2.36. The van der Waals surface area contributed by atoms with Gasteiger partial charge < -0.3 is 10.4 Å². The Kier molecular flexibility index (Phi) is 4.23. The van der Waals surface area contributed by atoms with E-state index < -0.39 is 0 Å². The molecular weight excluding hydrogens is 281 g/mol. The number of anilines is 1. The quantitative estimate of drug-likeness (QED) is 0.765. The van der Waals surface area contributed by atoms with Gasteiger partial charge in [-0.1, -0.05) is 53.0 Å². The third-order valence-corrected chi connectivity index (χ3v) is 3.52. The molecule has 0 spiro atoms. The number of rotatable bonds is 3. The molecule has 0 bridgehead atoms. The fraction of sp³-hybridized carbons (Fsp3) is 0.200. The second-order valence-corrected chi connectivity index (χ2v) is 5.38. The van der Waals surface area contributed by atoms with Crippen LogP contribution in [-0.2, 0) is 0 Å². The standard InChI is InChI=1S/C15H15Cl2NO/c1-9-4-3-5-11(6-9)10(2)18-12-7-13(16)15(19)14(17)8-12/h3-8,10,18-19H,1-2H3. The number of aromatic hydroxyl groups is 1. The van der Waals surface area contributed by atoms with Crippen molar-refractivity contribution in [2.75, 3.05) is 5.32 Å². The summed E-state index contributed by atoms with van der Waals surface area (Å²) in [7, 11) is 0. The van der Waals surface area contributed by atoms with E-state index in [4.69, 9.17) is 23.2 Å². The molecule has 2 aromatic rings. The van der Waals surface area contributed by atoms with Crippen molar-refractivity contribution in [2.24, 2.45) is 0 Å². The molecule has 0 heterocycles. The van der Waals surface area contributed by atoms with Crippen molar-refractivity contribution in [2.45, 2.75) is 19.9 Å². The molecule has 100 valence electrons. The van der Waals surface area contributed by atoms with Crippen molar-refractivity contribution < 1.29 is 5.11 Å². The fourth-order valence-electron chi connectivity index (χ4n) is 1.92. The first-order valence-electron chi connectivity index (χ1n) is 5.98. The van der Waals surface area contributed by atoms with E-state index in [1.807, 2.05) is 6.07 Å². The maximum atomic E-state index is 9.53. The van der Waals surface area contributed by atoms with E-state index in [1.54, 1.807) is 12.1 Å². The minimum atomic E-state index is -0.0860. The largest absolute Gasteiger partial charge is 0.505 e. The molecule has 4 heteroatoms. The van der Waals surface area contributed by atoms with Gasteiger partial charge in [-0.3, -0.25) is 0 Å². The maximum absolute atomic E-state index is 9.53. The Hall–Kier alpha value is -1.38. The summed E-state index contributed by atoms with van der Waals surface area (Å²) in [5.74, 6) is -0.0860. The van der Waals surface area contributed by atoms with Crippen LogP contribution in [0.1, 0.15) is 24.1 Å². The SMILES string of the molecule is Cc1cccc(C(C)Nc2cc(Cl)c(O)c(Cl)c2)c1. The van der Waals surface area contributed by atoms with Gasteiger partial charge in [0, 0.05) is 11.7 Å². The van der Waals surface area contributed by atoms with Crippen LogP contribution in [0.5, 0.6) is 5.75 Å². The summed E-state index contributed by atoms with van der Waals surface area (Å²) in [4.78, 5) is 0. The Labute approximate surface area is 123 Å². The number of phenols is 1. The summed E-state index contributed by atoms with van der Waals surface area (Å²) < 4.78 is 0. The van der Waals surface area contributed by atoms with Crippen LogP contribution >= 0.6 is 23.2 Å². The summed E-state index contributed by atoms with van der Waals surface area (Å²) in [6, 6.07) is 11.7. The fourth-order valence-corrected chi connectivity index (χ4v) is 2.41. The lowest BCUT2D eigenvalue weighted by molar-refractivity contribution is 0.476. The smallest absolute Gasteiger partial charge is 0.152 e. The number of aryl methyl sites for hydroxylation is 1. The van der Waals surface area contributed by atoms with Crippen LogP contribution < -0.4 is 5.32 Å². The van der Waals surface area contributed by atoms with Crippen molar-refractivity contribution in [1.82, 2.24) is 0 Å². The Bertz CT molecular complexity index is 575. The van der Waals surface area contributed by atoms with E-state index in [-0.39, 0.29) is 21.8 Å². The highest BCUT2D eigenvalue weighted by molar-refractivity contribution is 6.37. The Morgan fingerprint density at radius 1 is 1.11 bits per heavy atom. The number of phenolic OH excluding ortho intramolecular Hbond substituents is 1. The molecular formula is C15H15Cl2NO. The molecule has 0 aliphatic heterocycles. The summed E-state index contributed by atoms with van der Waals surface area (Å²) in [6.07, 6.45) is 0. The molecule has 0 aliphatic rings. The highest BCUT2D eigenvalue weighted by Gasteiger charge is 2.10. The average molecular weight is 296 g/mol. The zero-order valence-electron chi connectivity index (χ0n) is 10.7. The van der Waals surface area contributed by atoms with Gasteiger partial charge in [0.15, 0.2) is 5.75 Å². The van der Waals surface area contributed by atoms with Crippen LogP contribution in [0, 0.1) is 6.92 Å². The molecule has 2 N–H and O–H groups in total. The minimum absolute atomic E-state index is 0.0860. The lowest BCUT2D eigenvalue weighted by Crippen LogP contribution is -2.06. The van der Waals surface area contributed by atoms with Crippen LogP contribution in [0.4, 0.5) is 5.69 Å². The third kappa shape index (κ3) is 3.34. The van der Waals surface area contributed by atoms with E-state index in [2.05, 4.69) is 37.4 Å². The predicted octanol–water partition coefficient (Wildman–Crippen LogP) is 5.18. The molecule has 0 saturated heterocycles. The van der Waals surface area contributed by atoms with Crippen molar-refractivity contribution in [1.29, 1.82) is 0 Å². The van der Waals surface area contributed by atoms with Crippen LogP contribution in [-0.4, -0.2) is 5.11 Å². The van der Waals surface area contributed by atoms with E-state index in [9.17, 15) is 5.11 Å². The zero-order chi connectivity index (χ0) is 14.0. The van der Waals surface area contributed by atoms with Crippen LogP contribution in [0.3, 0.4) is 0 Å². The normalized spacial score (nSPS) is 12.2. The Morgan fingerprint density at radius 3 is 2.32 bits per heavy atom. The third-order valence-electron chi connectivity index (χ3n) is 2.94. The lowest BCUT2D eigenvalue weighted by atomic mass is 10.1. The van der Waals surface area contributed by atoms with Crippen LogP contribution in [0.15, 0.2) is 36.4 Å². The van der Waals surface area contributed by atoms with Crippen molar-refractivity contribution >= 4 is 28.9 Å². The highest BCUT2D eigenvalue weighted by atomic mass is 35.5. The molecule has 2 aromatic carbocycles. The first-order chi connectivity index (χ1) is 8.97. The van der Waals surface area contributed by atoms with E-state index in [0.717, 1.165) is 5.69 Å². The lowest BCUT2D eigenvalue weighted by Gasteiger charge is -2.17. The van der Waals surface area contributed by atoms with Crippen molar-refractivity contribution in [3.05, 3.63) is 57.6 Å². The van der Waals surface area contributed by atoms with Gasteiger partial charge >= 0.3 is 0 Å². The van der Waals surface area contributed by atoms with Crippen LogP contribution in [0.2, 0.25) is 10.0 Å². The van der Waals surface area contributed by atoms with Gasteiger partial charge in [-0.15, -0.1) is 0 Å². The predicted molar refractivity (Wildman–Crippen MR) is 81.3 cm³/mol. The molecule has 0 amide bonds. The monoisotopic (exact) mass is 295 g/mol. The van der Waals surface area contributed by atoms with Gasteiger partial charge in [0.05, 0.1) is 10.0 Å². The summed E-state index contributed by atoms with van der Waals surface area (Å²) >= 11 is 11.8. The second-order valence-electron chi connectivity index (χ2n) is 4.57. The molecule has 19 heavy (non-hydrogen) atoms. The van der Waals surface area contributed by atoms with Gasteiger partial charge in [-0.25, -0.2) is 0 Å². The maximum Gasteiger partial charge on any atom is 0.152 e. The van der Waals surface area contributed by atoms with E-state index >= 15 is 0 Å². The molecule has 0 aromatic heterocycles. The summed E-state index contributed by atoms with van der Waals surface area (Å²) in [5, 5.41) is 13.3. The first-order valence-corrected chi connectivity index (χ1v) is 6.74. The number of nitrogens with one attached hydrogen (secondary N) is 1. The second kappa shape index (κ2) is 5.72. The molecule has 0 radical (unpaired) electrons. The van der Waals surface area contributed by atoms with Crippen molar-refractivity contribution in [3.8, 4) is 5.75 Å². The highest BCUT2D eigenvalue weighted by Crippen LogP contribution is 2.35. The number of benzene rings is 2. The zero-order valence-corrected chi connectivity index (χ0v) is 12.3. The van der Waals surface area contributed by atoms with Crippen LogP contribution in [0.25, 0.3) is 0 Å². The number of halogens is 2. The van der Waals surface area contributed by atoms with E-state index in [0.29, 0.717) is 0 Å². The summed E-state index contributed by atoms with van der Waals surface area (Å²) in [5.41, 5.74) is 3.18. The summed E-state index contributed by atoms with van der Waals surface area (Å²) in [6.45, 7) is 4.12. The van der Waals surface area contributed by atoms with Crippen molar-refractivity contribution in [3.63, 3.8) is 0 Å². The van der Waals surface area contributed by atoms with E-state index in [1.165, 1.54) is 11.1 Å². The van der Waals surface area contributed by atoms with Gasteiger partial charge in [0.2, 0.25) is 0 Å². The van der Waals surface area contributed by atoms with Gasteiger partial charge in [0.1, 0.15) is 0 Å². The molecule has 1 unspecified atom stereocenters. The molecule has 0 fully saturated rings. The molecule has 1 atom stereocenters. The number of hydrogen-bond donors (Lipinski definition) is 2. The van der Waals surface area contributed by atoms with Gasteiger partial charge in [-0.2, -0.15) is 0 Å². The Balaban J connectivity index is 2.21. The minimum Gasteiger partial charge on any atom is -0.505 e. The first kappa shape index (κ1) is 14.0. The number of hydrogen-bond acceptors (Lipinski definition) is 2. The van der Waals surface area contributed by atoms with Gasteiger partial charge in [0.25, 0.3) is 0 Å². The Morgan fingerprint density at radius 2 is 1.74 bits per heavy atom.